The lowest BCUT2D eigenvalue weighted by atomic mass is 9.97. The first-order valence-corrected chi connectivity index (χ1v) is 13.5. The summed E-state index contributed by atoms with van der Waals surface area (Å²) in [5, 5.41) is 11.3. The number of hydrogen-bond acceptors (Lipinski definition) is 7. The van der Waals surface area contributed by atoms with E-state index in [-0.39, 0.29) is 36.7 Å². The molecule has 2 aliphatic rings. The van der Waals surface area contributed by atoms with Crippen molar-refractivity contribution in [3.63, 3.8) is 0 Å². The molecule has 1 atom stereocenters. The van der Waals surface area contributed by atoms with Crippen molar-refractivity contribution in [3.05, 3.63) is 71.2 Å². The van der Waals surface area contributed by atoms with Gasteiger partial charge in [0, 0.05) is 31.8 Å². The minimum Gasteiger partial charge on any atom is -0.381 e. The van der Waals surface area contributed by atoms with Gasteiger partial charge in [0.25, 0.3) is 5.91 Å². The first kappa shape index (κ1) is 26.2. The summed E-state index contributed by atoms with van der Waals surface area (Å²) in [4.78, 5) is 25.1. The molecule has 0 bridgehead atoms. The zero-order valence-corrected chi connectivity index (χ0v) is 21.1. The number of ether oxygens (including phenoxy) is 2. The zero-order valence-electron chi connectivity index (χ0n) is 20.2. The molecule has 0 radical (unpaired) electrons. The van der Waals surface area contributed by atoms with Crippen molar-refractivity contribution in [3.8, 4) is 0 Å². The molecule has 36 heavy (non-hydrogen) atoms. The van der Waals surface area contributed by atoms with Crippen molar-refractivity contribution in [2.75, 3.05) is 19.8 Å². The van der Waals surface area contributed by atoms with Crippen LogP contribution in [0.4, 0.5) is 0 Å². The van der Waals surface area contributed by atoms with Crippen molar-refractivity contribution in [2.24, 2.45) is 0 Å². The third-order valence-electron chi connectivity index (χ3n) is 7.00. The highest BCUT2D eigenvalue weighted by Gasteiger charge is 2.53. The first-order chi connectivity index (χ1) is 17.2. The molecule has 0 saturated carbocycles. The average molecular weight is 514 g/mol. The van der Waals surface area contributed by atoms with Gasteiger partial charge in [-0.3, -0.25) is 14.8 Å². The molecule has 2 aromatic carbocycles. The molecule has 8 nitrogen and oxygen atoms in total. The fraction of sp³-hybridized carbons (Fsp3) is 0.407. The van der Waals surface area contributed by atoms with Crippen LogP contribution in [0.15, 0.2) is 65.6 Å². The van der Waals surface area contributed by atoms with Gasteiger partial charge in [-0.25, -0.2) is 13.9 Å². The van der Waals surface area contributed by atoms with Crippen molar-refractivity contribution in [2.45, 2.75) is 49.4 Å². The van der Waals surface area contributed by atoms with E-state index in [1.807, 2.05) is 49.4 Å². The normalized spacial score (nSPS) is 21.7. The van der Waals surface area contributed by atoms with Crippen LogP contribution in [-0.2, 0) is 24.1 Å². The van der Waals surface area contributed by atoms with Gasteiger partial charge in [-0.05, 0) is 55.5 Å². The Morgan fingerprint density at radius 2 is 1.83 bits per heavy atom. The van der Waals surface area contributed by atoms with Gasteiger partial charge in [-0.1, -0.05) is 48.6 Å². The van der Waals surface area contributed by atoms with Gasteiger partial charge in [-0.15, -0.1) is 0 Å². The molecule has 192 valence electrons. The molecule has 2 aromatic rings. The van der Waals surface area contributed by atoms with E-state index in [0.717, 1.165) is 10.8 Å². The number of allylic oxidation sites excluding steroid dienone is 1. The fourth-order valence-electron chi connectivity index (χ4n) is 4.70. The molecule has 1 heterocycles. The highest BCUT2D eigenvalue weighted by molar-refractivity contribution is 7.97. The predicted molar refractivity (Wildman–Crippen MR) is 135 cm³/mol. The topological polar surface area (TPSA) is 119 Å². The summed E-state index contributed by atoms with van der Waals surface area (Å²) in [6.45, 7) is 2.41. The molecule has 0 spiro atoms. The summed E-state index contributed by atoms with van der Waals surface area (Å²) >= 11 is 0. The van der Waals surface area contributed by atoms with E-state index in [1.165, 1.54) is 11.6 Å². The molecular weight excluding hydrogens is 482 g/mol. The van der Waals surface area contributed by atoms with Crippen molar-refractivity contribution >= 4 is 32.3 Å². The van der Waals surface area contributed by atoms with Crippen LogP contribution in [-0.4, -0.2) is 55.5 Å². The average Bonchev–Trinajstić information content (AvgIpc) is 2.90. The lowest BCUT2D eigenvalue weighted by Gasteiger charge is -2.36. The van der Waals surface area contributed by atoms with Crippen LogP contribution in [0.25, 0.3) is 10.8 Å². The van der Waals surface area contributed by atoms with E-state index in [4.69, 9.17) is 9.47 Å². The number of hydrogen-bond donors (Lipinski definition) is 2. The van der Waals surface area contributed by atoms with Crippen molar-refractivity contribution < 1.29 is 32.7 Å². The number of rotatable bonds is 9. The number of hydroxylamine groups is 1. The monoisotopic (exact) mass is 513 g/mol. The van der Waals surface area contributed by atoms with Crippen LogP contribution in [0.5, 0.6) is 0 Å². The predicted octanol–water partition coefficient (Wildman–Crippen LogP) is 3.89. The van der Waals surface area contributed by atoms with Crippen LogP contribution in [0, 0.1) is 0 Å². The Labute approximate surface area is 210 Å². The van der Waals surface area contributed by atoms with E-state index < -0.39 is 26.1 Å². The van der Waals surface area contributed by atoms with Gasteiger partial charge in [0.05, 0.1) is 10.5 Å². The maximum absolute atomic E-state index is 13.4. The van der Waals surface area contributed by atoms with Crippen molar-refractivity contribution in [1.82, 2.24) is 5.48 Å². The second-order valence-corrected chi connectivity index (χ2v) is 11.7. The smallest absolute Gasteiger partial charge is 0.265 e. The lowest BCUT2D eigenvalue weighted by Crippen LogP contribution is -2.55. The van der Waals surface area contributed by atoms with Gasteiger partial charge in [-0.2, -0.15) is 0 Å². The summed E-state index contributed by atoms with van der Waals surface area (Å²) < 4.78 is 36.3. The van der Waals surface area contributed by atoms with Gasteiger partial charge >= 0.3 is 0 Å². The van der Waals surface area contributed by atoms with E-state index >= 15 is 0 Å². The summed E-state index contributed by atoms with van der Waals surface area (Å²) in [7, 11) is -4.07. The molecular formula is C27H31NO7S. The number of sulfone groups is 1. The molecule has 4 rings (SSSR count). The van der Waals surface area contributed by atoms with Crippen LogP contribution in [0.1, 0.15) is 49.4 Å². The number of ketones is 1. The number of amides is 1. The van der Waals surface area contributed by atoms with E-state index in [9.17, 15) is 23.2 Å². The Balaban J connectivity index is 1.34. The van der Waals surface area contributed by atoms with Crippen LogP contribution in [0.2, 0.25) is 0 Å². The van der Waals surface area contributed by atoms with Gasteiger partial charge in [0.2, 0.25) is 0 Å². The number of fused-ring (bicyclic) bond motifs is 1. The standard InChI is InChI=1S/C27H31NO7S/c1-26(35-16-4-7-24(29)22-9-8-20-5-2-3-6-21(20)19-22)12-10-23(11-13-26)36(32,33)27(25(30)28-31)14-17-34-18-15-27/h2-3,5-6,8-12,19,31H,4,7,13-18H2,1H3,(H,28,30). The van der Waals surface area contributed by atoms with Crippen molar-refractivity contribution in [1.29, 1.82) is 0 Å². The summed E-state index contributed by atoms with van der Waals surface area (Å²) in [6, 6.07) is 13.6. The summed E-state index contributed by atoms with van der Waals surface area (Å²) in [6.07, 6.45) is 5.79. The number of Topliss-reactive ketones (excluding diaryl/α,β-unsaturated/α-hetero) is 1. The summed E-state index contributed by atoms with van der Waals surface area (Å²) in [5.74, 6) is -0.897. The van der Waals surface area contributed by atoms with E-state index in [2.05, 4.69) is 0 Å². The number of carbonyl (C=O) groups is 2. The molecule has 1 fully saturated rings. The van der Waals surface area contributed by atoms with E-state index in [1.54, 1.807) is 12.2 Å². The lowest BCUT2D eigenvalue weighted by molar-refractivity contribution is -0.134. The highest BCUT2D eigenvalue weighted by atomic mass is 32.2. The second kappa shape index (κ2) is 10.6. The highest BCUT2D eigenvalue weighted by Crippen LogP contribution is 2.38. The summed E-state index contributed by atoms with van der Waals surface area (Å²) in [5.41, 5.74) is 1.47. The first-order valence-electron chi connectivity index (χ1n) is 12.0. The van der Waals surface area contributed by atoms with E-state index in [0.29, 0.717) is 31.4 Å². The molecule has 2 N–H and O–H groups in total. The molecule has 1 unspecified atom stereocenters. The Morgan fingerprint density at radius 1 is 1.11 bits per heavy atom. The van der Waals surface area contributed by atoms with Gasteiger partial charge < -0.3 is 9.47 Å². The van der Waals surface area contributed by atoms with Crippen LogP contribution < -0.4 is 5.48 Å². The molecule has 1 aliphatic carbocycles. The Hall–Kier alpha value is -2.85. The quantitative estimate of drug-likeness (QED) is 0.226. The van der Waals surface area contributed by atoms with Crippen LogP contribution in [0.3, 0.4) is 0 Å². The Morgan fingerprint density at radius 3 is 2.50 bits per heavy atom. The molecule has 1 amide bonds. The zero-order chi connectivity index (χ0) is 25.8. The minimum atomic E-state index is -4.07. The number of nitrogens with one attached hydrogen (secondary N) is 1. The maximum Gasteiger partial charge on any atom is 0.265 e. The van der Waals surface area contributed by atoms with Crippen LogP contribution >= 0.6 is 0 Å². The third-order valence-corrected chi connectivity index (χ3v) is 9.55. The largest absolute Gasteiger partial charge is 0.381 e. The number of carbonyl (C=O) groups excluding carboxylic acids is 2. The SMILES string of the molecule is CC1(OCCCC(=O)c2ccc3ccccc3c2)C=CC(S(=O)(=O)C2(C(=O)NO)CCOCC2)=CC1. The molecule has 1 saturated heterocycles. The molecule has 0 aromatic heterocycles. The molecule has 9 heteroatoms. The molecule has 1 aliphatic heterocycles. The van der Waals surface area contributed by atoms with Gasteiger partial charge in [0.15, 0.2) is 20.4 Å². The third kappa shape index (κ3) is 5.15. The second-order valence-electron chi connectivity index (χ2n) is 9.44. The van der Waals surface area contributed by atoms with Gasteiger partial charge in [0.1, 0.15) is 0 Å². The Bertz CT molecular complexity index is 1310. The minimum absolute atomic E-state index is 0.0283. The fourth-order valence-corrected chi connectivity index (χ4v) is 6.69. The maximum atomic E-state index is 13.4. The number of benzene rings is 2. The Kier molecular flexibility index (Phi) is 7.75.